The van der Waals surface area contributed by atoms with Crippen molar-refractivity contribution in [2.45, 2.75) is 25.4 Å². The monoisotopic (exact) mass is 319 g/mol. The predicted octanol–water partition coefficient (Wildman–Crippen LogP) is 2.84. The SMILES string of the molecule is CN(Cc1ccc(Cl)cc1[N+](=O)[O-])C(CN)C1CC1.Cl. The molecule has 5 nitrogen and oxygen atoms in total. The van der Waals surface area contributed by atoms with Gasteiger partial charge in [-0.2, -0.15) is 0 Å². The molecule has 7 heteroatoms. The fourth-order valence-electron chi connectivity index (χ4n) is 2.44. The van der Waals surface area contributed by atoms with E-state index in [-0.39, 0.29) is 23.0 Å². The van der Waals surface area contributed by atoms with Gasteiger partial charge in [0.05, 0.1) is 4.92 Å². The van der Waals surface area contributed by atoms with Gasteiger partial charge in [0.1, 0.15) is 0 Å². The van der Waals surface area contributed by atoms with Crippen molar-refractivity contribution in [1.82, 2.24) is 4.90 Å². The average Bonchev–Trinajstić information content (AvgIpc) is 3.16. The van der Waals surface area contributed by atoms with Crippen molar-refractivity contribution in [3.8, 4) is 0 Å². The molecule has 2 rings (SSSR count). The fraction of sp³-hybridized carbons (Fsp3) is 0.538. The molecule has 0 saturated heterocycles. The summed E-state index contributed by atoms with van der Waals surface area (Å²) in [5, 5.41) is 11.4. The Hall–Kier alpha value is -0.880. The Balaban J connectivity index is 0.00000200. The number of rotatable bonds is 6. The molecule has 20 heavy (non-hydrogen) atoms. The molecule has 0 amide bonds. The number of hydrogen-bond acceptors (Lipinski definition) is 4. The van der Waals surface area contributed by atoms with Crippen LogP contribution in [0, 0.1) is 16.0 Å². The van der Waals surface area contributed by atoms with Gasteiger partial charge in [0, 0.05) is 35.8 Å². The van der Waals surface area contributed by atoms with E-state index in [1.165, 1.54) is 18.9 Å². The summed E-state index contributed by atoms with van der Waals surface area (Å²) in [6.07, 6.45) is 2.41. The summed E-state index contributed by atoms with van der Waals surface area (Å²) >= 11 is 5.81. The molecule has 112 valence electrons. The first kappa shape index (κ1) is 17.2. The highest BCUT2D eigenvalue weighted by molar-refractivity contribution is 6.30. The summed E-state index contributed by atoms with van der Waals surface area (Å²) in [4.78, 5) is 12.8. The average molecular weight is 320 g/mol. The molecule has 1 unspecified atom stereocenters. The van der Waals surface area contributed by atoms with Crippen LogP contribution in [0.2, 0.25) is 5.02 Å². The lowest BCUT2D eigenvalue weighted by Crippen LogP contribution is -2.39. The fourth-order valence-corrected chi connectivity index (χ4v) is 2.61. The zero-order valence-electron chi connectivity index (χ0n) is 11.3. The van der Waals surface area contributed by atoms with Gasteiger partial charge in [-0.25, -0.2) is 0 Å². The number of nitro groups is 1. The lowest BCUT2D eigenvalue weighted by molar-refractivity contribution is -0.385. The molecular formula is C13H19Cl2N3O2. The van der Waals surface area contributed by atoms with Crippen LogP contribution in [0.15, 0.2) is 18.2 Å². The van der Waals surface area contributed by atoms with Gasteiger partial charge in [0.15, 0.2) is 0 Å². The third kappa shape index (κ3) is 4.06. The second-order valence-electron chi connectivity index (χ2n) is 5.09. The van der Waals surface area contributed by atoms with Crippen molar-refractivity contribution >= 4 is 29.7 Å². The zero-order chi connectivity index (χ0) is 14.0. The Morgan fingerprint density at radius 3 is 2.70 bits per heavy atom. The van der Waals surface area contributed by atoms with Crippen LogP contribution < -0.4 is 5.73 Å². The molecule has 1 aliphatic carbocycles. The first-order valence-electron chi connectivity index (χ1n) is 6.36. The van der Waals surface area contributed by atoms with Crippen LogP contribution in [0.1, 0.15) is 18.4 Å². The highest BCUT2D eigenvalue weighted by Gasteiger charge is 2.33. The summed E-state index contributed by atoms with van der Waals surface area (Å²) < 4.78 is 0. The molecule has 1 fully saturated rings. The number of likely N-dealkylation sites (N-methyl/N-ethyl adjacent to an activating group) is 1. The molecule has 1 saturated carbocycles. The third-order valence-electron chi connectivity index (χ3n) is 3.64. The summed E-state index contributed by atoms with van der Waals surface area (Å²) in [5.41, 5.74) is 6.55. The molecule has 1 aliphatic rings. The molecule has 0 aromatic heterocycles. The van der Waals surface area contributed by atoms with Crippen LogP contribution >= 0.6 is 24.0 Å². The minimum Gasteiger partial charge on any atom is -0.329 e. The van der Waals surface area contributed by atoms with Crippen molar-refractivity contribution in [2.75, 3.05) is 13.6 Å². The Kier molecular flexibility index (Phi) is 6.20. The van der Waals surface area contributed by atoms with E-state index in [1.807, 2.05) is 7.05 Å². The van der Waals surface area contributed by atoms with Crippen molar-refractivity contribution in [3.63, 3.8) is 0 Å². The Morgan fingerprint density at radius 2 is 2.20 bits per heavy atom. The van der Waals surface area contributed by atoms with Crippen LogP contribution in [0.25, 0.3) is 0 Å². The number of halogens is 2. The minimum atomic E-state index is -0.385. The number of nitrogens with two attached hydrogens (primary N) is 1. The summed E-state index contributed by atoms with van der Waals surface area (Å²) in [6.45, 7) is 1.11. The third-order valence-corrected chi connectivity index (χ3v) is 3.87. The maximum Gasteiger partial charge on any atom is 0.275 e. The molecule has 0 spiro atoms. The van der Waals surface area contributed by atoms with Crippen molar-refractivity contribution < 1.29 is 4.92 Å². The normalized spacial score (nSPS) is 15.8. The van der Waals surface area contributed by atoms with Crippen LogP contribution in [-0.2, 0) is 6.54 Å². The molecule has 2 N–H and O–H groups in total. The second kappa shape index (κ2) is 7.22. The highest BCUT2D eigenvalue weighted by Crippen LogP contribution is 2.35. The summed E-state index contributed by atoms with van der Waals surface area (Å²) in [5.74, 6) is 0.640. The van der Waals surface area contributed by atoms with Gasteiger partial charge in [-0.1, -0.05) is 11.6 Å². The van der Waals surface area contributed by atoms with E-state index in [2.05, 4.69) is 4.90 Å². The maximum absolute atomic E-state index is 11.0. The van der Waals surface area contributed by atoms with Gasteiger partial charge < -0.3 is 5.73 Å². The van der Waals surface area contributed by atoms with Gasteiger partial charge in [0.2, 0.25) is 0 Å². The first-order valence-corrected chi connectivity index (χ1v) is 6.74. The second-order valence-corrected chi connectivity index (χ2v) is 5.52. The highest BCUT2D eigenvalue weighted by atomic mass is 35.5. The van der Waals surface area contributed by atoms with Crippen molar-refractivity contribution in [1.29, 1.82) is 0 Å². The van der Waals surface area contributed by atoms with E-state index in [9.17, 15) is 10.1 Å². The minimum absolute atomic E-state index is 0. The summed E-state index contributed by atoms with van der Waals surface area (Å²) in [7, 11) is 1.97. The zero-order valence-corrected chi connectivity index (χ0v) is 12.9. The Bertz CT molecular complexity index is 481. The molecule has 1 aromatic carbocycles. The van der Waals surface area contributed by atoms with Crippen LogP contribution in [0.3, 0.4) is 0 Å². The molecule has 0 bridgehead atoms. The maximum atomic E-state index is 11.0. The molecule has 0 heterocycles. The summed E-state index contributed by atoms with van der Waals surface area (Å²) in [6, 6.07) is 5.11. The van der Waals surface area contributed by atoms with E-state index in [0.29, 0.717) is 35.6 Å². The van der Waals surface area contributed by atoms with Gasteiger partial charge in [-0.3, -0.25) is 15.0 Å². The van der Waals surface area contributed by atoms with E-state index in [0.717, 1.165) is 0 Å². The number of nitro benzene ring substituents is 1. The predicted molar refractivity (Wildman–Crippen MR) is 82.4 cm³/mol. The molecule has 1 aromatic rings. The molecular weight excluding hydrogens is 301 g/mol. The van der Waals surface area contributed by atoms with Crippen molar-refractivity contribution in [2.24, 2.45) is 11.7 Å². The van der Waals surface area contributed by atoms with Gasteiger partial charge in [-0.15, -0.1) is 12.4 Å². The van der Waals surface area contributed by atoms with Gasteiger partial charge >= 0.3 is 0 Å². The van der Waals surface area contributed by atoms with Gasteiger partial charge in [-0.05, 0) is 37.9 Å². The number of nitrogens with zero attached hydrogens (tertiary/aromatic N) is 2. The van der Waals surface area contributed by atoms with Gasteiger partial charge in [0.25, 0.3) is 5.69 Å². The van der Waals surface area contributed by atoms with Crippen LogP contribution in [0.4, 0.5) is 5.69 Å². The van der Waals surface area contributed by atoms with Crippen molar-refractivity contribution in [3.05, 3.63) is 38.9 Å². The number of hydrogen-bond donors (Lipinski definition) is 1. The first-order chi connectivity index (χ1) is 9.02. The van der Waals surface area contributed by atoms with Crippen LogP contribution in [-0.4, -0.2) is 29.5 Å². The lowest BCUT2D eigenvalue weighted by Gasteiger charge is -2.26. The Labute approximate surface area is 129 Å². The van der Waals surface area contributed by atoms with E-state index in [1.54, 1.807) is 12.1 Å². The van der Waals surface area contributed by atoms with E-state index in [4.69, 9.17) is 17.3 Å². The van der Waals surface area contributed by atoms with E-state index >= 15 is 0 Å². The quantitative estimate of drug-likeness (QED) is 0.646. The smallest absolute Gasteiger partial charge is 0.275 e. The topological polar surface area (TPSA) is 72.4 Å². The molecule has 0 aliphatic heterocycles. The van der Waals surface area contributed by atoms with Crippen LogP contribution in [0.5, 0.6) is 0 Å². The van der Waals surface area contributed by atoms with E-state index < -0.39 is 0 Å². The lowest BCUT2D eigenvalue weighted by atomic mass is 10.1. The Morgan fingerprint density at radius 1 is 1.55 bits per heavy atom. The molecule has 0 radical (unpaired) electrons. The standard InChI is InChI=1S/C13H18ClN3O2.ClH/c1-16(13(7-15)9-2-3-9)8-10-4-5-11(14)6-12(10)17(18)19;/h4-6,9,13H,2-3,7-8,15H2,1H3;1H. The largest absolute Gasteiger partial charge is 0.329 e. The molecule has 1 atom stereocenters. The number of benzene rings is 1.